The summed E-state index contributed by atoms with van der Waals surface area (Å²) in [7, 11) is 0. The van der Waals surface area contributed by atoms with Crippen LogP contribution in [0.15, 0.2) is 58.6 Å². The van der Waals surface area contributed by atoms with Crippen molar-refractivity contribution in [2.45, 2.75) is 46.3 Å². The van der Waals surface area contributed by atoms with E-state index >= 15 is 0 Å². The number of amides is 2. The number of rotatable bonds is 11. The zero-order valence-electron chi connectivity index (χ0n) is 21.7. The molecule has 1 aliphatic heterocycles. The number of ether oxygens (including phenoxy) is 2. The number of carbonyl (C=O) groups excluding carboxylic acids is 2. The smallest absolute Gasteiger partial charge is 0.332 e. The average molecular weight is 521 g/mol. The van der Waals surface area contributed by atoms with E-state index in [1.807, 2.05) is 19.9 Å². The van der Waals surface area contributed by atoms with Crippen molar-refractivity contribution >= 4 is 22.7 Å². The summed E-state index contributed by atoms with van der Waals surface area (Å²) in [5.41, 5.74) is 0.197. The van der Waals surface area contributed by atoms with Gasteiger partial charge < -0.3 is 19.7 Å². The molecule has 3 aromatic rings. The van der Waals surface area contributed by atoms with E-state index in [2.05, 4.69) is 11.9 Å². The van der Waals surface area contributed by atoms with Crippen LogP contribution < -0.4 is 26.0 Å². The van der Waals surface area contributed by atoms with E-state index < -0.39 is 11.2 Å². The van der Waals surface area contributed by atoms with Gasteiger partial charge in [0.05, 0.1) is 10.9 Å². The second-order valence-corrected chi connectivity index (χ2v) is 9.06. The number of nitrogens with one attached hydrogen (secondary N) is 1. The molecule has 2 aromatic carbocycles. The van der Waals surface area contributed by atoms with Gasteiger partial charge in [0.2, 0.25) is 12.7 Å². The van der Waals surface area contributed by atoms with Gasteiger partial charge in [-0.25, -0.2) is 4.79 Å². The number of benzene rings is 2. The first kappa shape index (κ1) is 26.7. The number of carbonyl (C=O) groups is 2. The third kappa shape index (κ3) is 5.49. The molecule has 0 spiro atoms. The van der Waals surface area contributed by atoms with Crippen molar-refractivity contribution in [1.82, 2.24) is 19.4 Å². The normalized spacial score (nSPS) is 11.9. The van der Waals surface area contributed by atoms with Crippen molar-refractivity contribution in [1.29, 1.82) is 0 Å². The van der Waals surface area contributed by atoms with E-state index in [4.69, 9.17) is 9.47 Å². The van der Waals surface area contributed by atoms with Gasteiger partial charge >= 0.3 is 5.69 Å². The molecule has 10 heteroatoms. The fourth-order valence-electron chi connectivity index (χ4n) is 4.47. The van der Waals surface area contributed by atoms with Crippen LogP contribution in [0.1, 0.15) is 42.6 Å². The van der Waals surface area contributed by atoms with Crippen LogP contribution >= 0.6 is 0 Å². The zero-order chi connectivity index (χ0) is 27.2. The molecule has 200 valence electrons. The molecule has 0 unspecified atom stereocenters. The topological polar surface area (TPSA) is 112 Å². The fraction of sp³-hybridized carbons (Fsp3) is 0.357. The maximum absolute atomic E-state index is 13.3. The molecule has 1 aromatic heterocycles. The molecule has 0 saturated carbocycles. The zero-order valence-corrected chi connectivity index (χ0v) is 21.7. The Kier molecular flexibility index (Phi) is 8.30. The van der Waals surface area contributed by atoms with Crippen molar-refractivity contribution in [3.05, 3.63) is 81.0 Å². The molecule has 0 aliphatic carbocycles. The van der Waals surface area contributed by atoms with Gasteiger partial charge in [-0.1, -0.05) is 26.0 Å². The Bertz CT molecular complexity index is 1480. The summed E-state index contributed by atoms with van der Waals surface area (Å²) < 4.78 is 13.0. The fourth-order valence-corrected chi connectivity index (χ4v) is 4.47. The molecule has 2 heterocycles. The summed E-state index contributed by atoms with van der Waals surface area (Å²) in [5, 5.41) is 3.09. The van der Waals surface area contributed by atoms with Crippen molar-refractivity contribution in [2.75, 3.05) is 19.9 Å². The summed E-state index contributed by atoms with van der Waals surface area (Å²) in [6.07, 6.45) is 3.02. The monoisotopic (exact) mass is 520 g/mol. The number of aromatic nitrogens is 2. The third-order valence-corrected chi connectivity index (χ3v) is 6.32. The molecule has 38 heavy (non-hydrogen) atoms. The highest BCUT2D eigenvalue weighted by atomic mass is 16.7. The molecule has 0 bridgehead atoms. The van der Waals surface area contributed by atoms with Gasteiger partial charge in [0, 0.05) is 31.7 Å². The van der Waals surface area contributed by atoms with E-state index in [-0.39, 0.29) is 54.7 Å². The third-order valence-electron chi connectivity index (χ3n) is 6.32. The molecule has 4 rings (SSSR count). The summed E-state index contributed by atoms with van der Waals surface area (Å²) in [5.74, 6) is 0.662. The lowest BCUT2D eigenvalue weighted by molar-refractivity contribution is -0.131. The van der Waals surface area contributed by atoms with Crippen LogP contribution in [0, 0.1) is 0 Å². The molecular weight excluding hydrogens is 488 g/mol. The van der Waals surface area contributed by atoms with Gasteiger partial charge in [0.25, 0.3) is 11.5 Å². The van der Waals surface area contributed by atoms with Crippen LogP contribution in [-0.2, 0) is 24.4 Å². The van der Waals surface area contributed by atoms with E-state index in [9.17, 15) is 19.2 Å². The molecular formula is C28H32N4O6. The van der Waals surface area contributed by atoms with Crippen LogP contribution in [0.25, 0.3) is 10.9 Å². The Morgan fingerprint density at radius 1 is 1.03 bits per heavy atom. The Morgan fingerprint density at radius 3 is 2.47 bits per heavy atom. The van der Waals surface area contributed by atoms with Gasteiger partial charge in [-0.3, -0.25) is 23.5 Å². The number of hydrogen-bond acceptors (Lipinski definition) is 6. The van der Waals surface area contributed by atoms with Crippen molar-refractivity contribution < 1.29 is 19.1 Å². The highest BCUT2D eigenvalue weighted by Gasteiger charge is 2.20. The Labute approximate surface area is 220 Å². The second kappa shape index (κ2) is 11.8. The number of hydrogen-bond donors (Lipinski definition) is 1. The Balaban J connectivity index is 1.67. The maximum Gasteiger partial charge on any atom is 0.332 e. The molecule has 10 nitrogen and oxygen atoms in total. The molecule has 0 radical (unpaired) electrons. The number of allylic oxidation sites excluding steroid dienone is 1. The minimum atomic E-state index is -0.624. The van der Waals surface area contributed by atoms with Crippen LogP contribution in [0.2, 0.25) is 0 Å². The van der Waals surface area contributed by atoms with Crippen molar-refractivity contribution in [3.8, 4) is 11.5 Å². The number of fused-ring (bicyclic) bond motifs is 2. The van der Waals surface area contributed by atoms with Gasteiger partial charge in [-0.15, -0.1) is 6.58 Å². The number of nitrogens with zero attached hydrogens (tertiary/aromatic N) is 3. The van der Waals surface area contributed by atoms with Gasteiger partial charge in [-0.05, 0) is 48.7 Å². The quantitative estimate of drug-likeness (QED) is 0.389. The average Bonchev–Trinajstić information content (AvgIpc) is 3.39. The Morgan fingerprint density at radius 2 is 1.76 bits per heavy atom. The summed E-state index contributed by atoms with van der Waals surface area (Å²) in [6.45, 7) is 8.91. The Hall–Kier alpha value is -4.34. The van der Waals surface area contributed by atoms with E-state index in [1.54, 1.807) is 17.0 Å². The summed E-state index contributed by atoms with van der Waals surface area (Å²) in [4.78, 5) is 54.3. The predicted octanol–water partition coefficient (Wildman–Crippen LogP) is 2.66. The minimum absolute atomic E-state index is 0.00714. The van der Waals surface area contributed by atoms with Crippen LogP contribution in [0.4, 0.5) is 0 Å². The maximum atomic E-state index is 13.3. The lowest BCUT2D eigenvalue weighted by atomic mass is 10.1. The molecule has 1 N–H and O–H groups in total. The highest BCUT2D eigenvalue weighted by Crippen LogP contribution is 2.32. The molecule has 0 atom stereocenters. The lowest BCUT2D eigenvalue weighted by Crippen LogP contribution is -2.43. The van der Waals surface area contributed by atoms with Crippen LogP contribution in [-0.4, -0.2) is 45.7 Å². The molecule has 1 aliphatic rings. The predicted molar refractivity (Wildman–Crippen MR) is 144 cm³/mol. The minimum Gasteiger partial charge on any atom is -0.454 e. The van der Waals surface area contributed by atoms with Crippen LogP contribution in [0.3, 0.4) is 0 Å². The second-order valence-electron chi connectivity index (χ2n) is 9.06. The molecule has 0 fully saturated rings. The SMILES string of the molecule is C=CCn1c(=O)c2ccc(C(=O)NCc3ccc4c(c3)OCO4)cc2n(CC(=O)N(CCC)CCC)c1=O. The van der Waals surface area contributed by atoms with Gasteiger partial charge in [0.1, 0.15) is 6.54 Å². The highest BCUT2D eigenvalue weighted by molar-refractivity contribution is 5.98. The van der Waals surface area contributed by atoms with E-state index in [0.717, 1.165) is 23.0 Å². The molecule has 0 saturated heterocycles. The molecule has 2 amide bonds. The first-order chi connectivity index (χ1) is 18.4. The lowest BCUT2D eigenvalue weighted by Gasteiger charge is -2.23. The van der Waals surface area contributed by atoms with E-state index in [0.29, 0.717) is 24.6 Å². The first-order valence-electron chi connectivity index (χ1n) is 12.7. The first-order valence-corrected chi connectivity index (χ1v) is 12.7. The summed E-state index contributed by atoms with van der Waals surface area (Å²) >= 11 is 0. The van der Waals surface area contributed by atoms with Crippen molar-refractivity contribution in [3.63, 3.8) is 0 Å². The largest absolute Gasteiger partial charge is 0.454 e. The van der Waals surface area contributed by atoms with Crippen molar-refractivity contribution in [2.24, 2.45) is 0 Å². The standard InChI is InChI=1S/C28H32N4O6/c1-4-11-30(12-5-2)25(33)17-32-22-15-20(8-9-21(22)27(35)31(13-6-3)28(32)36)26(34)29-16-19-7-10-23-24(14-19)38-18-37-23/h6-10,14-15H,3-5,11-13,16-18H2,1-2H3,(H,29,34). The van der Waals surface area contributed by atoms with Gasteiger partial charge in [0.15, 0.2) is 11.5 Å². The van der Waals surface area contributed by atoms with Crippen LogP contribution in [0.5, 0.6) is 11.5 Å². The van der Waals surface area contributed by atoms with E-state index in [1.165, 1.54) is 28.8 Å². The summed E-state index contributed by atoms with van der Waals surface area (Å²) in [6, 6.07) is 9.95. The van der Waals surface area contributed by atoms with Gasteiger partial charge in [-0.2, -0.15) is 0 Å².